The van der Waals surface area contributed by atoms with E-state index in [1.54, 1.807) is 17.6 Å². The Labute approximate surface area is 229 Å². The van der Waals surface area contributed by atoms with Crippen LogP contribution in [0.5, 0.6) is 0 Å². The Kier molecular flexibility index (Phi) is 8.22. The van der Waals surface area contributed by atoms with E-state index in [4.69, 9.17) is 22.0 Å². The maximum atomic E-state index is 13.0. The van der Waals surface area contributed by atoms with Crippen LogP contribution in [-0.2, 0) is 25.8 Å². The van der Waals surface area contributed by atoms with Gasteiger partial charge in [0.25, 0.3) is 11.8 Å². The molecule has 0 aromatic carbocycles. The largest absolute Gasteiger partial charge is 0.477 e. The fourth-order valence-electron chi connectivity index (χ4n) is 3.77. The molecule has 0 spiro atoms. The fourth-order valence-corrected chi connectivity index (χ4v) is 6.60. The van der Waals surface area contributed by atoms with Crippen LogP contribution in [-0.4, -0.2) is 77.4 Å². The van der Waals surface area contributed by atoms with Crippen LogP contribution >= 0.6 is 35.1 Å². The van der Waals surface area contributed by atoms with Crippen LogP contribution in [0.1, 0.15) is 19.7 Å². The minimum atomic E-state index is -1.24. The number of aliphatic carboxylic acids is 1. The topological polar surface area (TPSA) is 229 Å². The van der Waals surface area contributed by atoms with Gasteiger partial charge in [0, 0.05) is 29.1 Å². The number of β-lactam (4-membered cyclic amide) rings is 1. The predicted octanol–water partition coefficient (Wildman–Crippen LogP) is -0.741. The van der Waals surface area contributed by atoms with Crippen molar-refractivity contribution in [3.63, 3.8) is 0 Å². The van der Waals surface area contributed by atoms with Gasteiger partial charge in [-0.15, -0.1) is 16.7 Å². The number of carbonyl (C=O) groups excluding carboxylic acids is 2. The first-order valence-electron chi connectivity index (χ1n) is 11.2. The first-order valence-corrected chi connectivity index (χ1v) is 14.1. The van der Waals surface area contributed by atoms with Crippen LogP contribution in [0, 0.1) is 0 Å². The number of hydrogen-bond acceptors (Lipinski definition) is 14. The number of rotatable bonds is 10. The minimum absolute atomic E-state index is 0.0379. The number of anilines is 3. The van der Waals surface area contributed by atoms with E-state index in [1.165, 1.54) is 28.4 Å². The molecule has 1 saturated heterocycles. The average Bonchev–Trinajstić information content (AvgIpc) is 3.31. The summed E-state index contributed by atoms with van der Waals surface area (Å²) in [6, 6.07) is 0.690. The highest BCUT2D eigenvalue weighted by atomic mass is 32.2. The third kappa shape index (κ3) is 5.32. The average molecular weight is 582 g/mol. The lowest BCUT2D eigenvalue weighted by atomic mass is 10.0. The van der Waals surface area contributed by atoms with Crippen molar-refractivity contribution in [1.29, 1.82) is 0 Å². The van der Waals surface area contributed by atoms with Crippen molar-refractivity contribution in [2.45, 2.75) is 36.8 Å². The lowest BCUT2D eigenvalue weighted by Gasteiger charge is -2.49. The van der Waals surface area contributed by atoms with Gasteiger partial charge in [0.15, 0.2) is 16.0 Å². The summed E-state index contributed by atoms with van der Waals surface area (Å²) >= 11 is 3.48. The molecule has 0 radical (unpaired) electrons. The van der Waals surface area contributed by atoms with Gasteiger partial charge in [0.05, 0.1) is 6.54 Å². The molecular weight excluding hydrogens is 556 g/mol. The Morgan fingerprint density at radius 3 is 2.71 bits per heavy atom. The zero-order valence-electron chi connectivity index (χ0n) is 20.3. The number of carboxylic acid groups (broad SMARTS) is 1. The summed E-state index contributed by atoms with van der Waals surface area (Å²) in [6.45, 7) is 4.32. The molecule has 38 heavy (non-hydrogen) atoms. The summed E-state index contributed by atoms with van der Waals surface area (Å²) in [5.41, 5.74) is 17.8. The maximum absolute atomic E-state index is 13.0. The molecule has 0 aliphatic carbocycles. The van der Waals surface area contributed by atoms with Crippen LogP contribution in [0.4, 0.5) is 16.9 Å². The van der Waals surface area contributed by atoms with Crippen LogP contribution in [0.15, 0.2) is 27.5 Å². The summed E-state index contributed by atoms with van der Waals surface area (Å²) in [4.78, 5) is 52.6. The number of nitrogens with one attached hydrogen (secondary N) is 1. The molecule has 0 saturated carbocycles. The third-order valence-electron chi connectivity index (χ3n) is 5.48. The van der Waals surface area contributed by atoms with Crippen LogP contribution < -0.4 is 27.1 Å². The summed E-state index contributed by atoms with van der Waals surface area (Å²) in [5, 5.41) is 16.3. The van der Waals surface area contributed by atoms with E-state index in [1.807, 2.05) is 6.92 Å². The summed E-state index contributed by atoms with van der Waals surface area (Å²) in [7, 11) is 0. The SMILES string of the molecule is CCO/N=C(\C(=O)N[C@@H]1C(=O)N2C(C(=O)O)=C(CSc3cc(N)[n+](CC)c(N)n3)CS[C@H]12)c1nsc(N)n1. The second-order valence-corrected chi connectivity index (χ2v) is 10.7. The normalized spacial score (nSPS) is 19.2. The maximum Gasteiger partial charge on any atom is 0.352 e. The van der Waals surface area contributed by atoms with E-state index >= 15 is 0 Å². The molecule has 2 aliphatic heterocycles. The predicted molar refractivity (Wildman–Crippen MR) is 142 cm³/mol. The summed E-state index contributed by atoms with van der Waals surface area (Å²) in [6.07, 6.45) is 0. The number of oxime groups is 1. The van der Waals surface area contributed by atoms with Gasteiger partial charge in [0.1, 0.15) is 23.7 Å². The minimum Gasteiger partial charge on any atom is -0.477 e. The van der Waals surface area contributed by atoms with E-state index in [-0.39, 0.29) is 40.7 Å². The lowest BCUT2D eigenvalue weighted by molar-refractivity contribution is -0.667. The Bertz CT molecular complexity index is 1320. The Balaban J connectivity index is 1.49. The number of nitrogen functional groups attached to an aromatic ring is 3. The van der Waals surface area contributed by atoms with Gasteiger partial charge in [0.2, 0.25) is 11.5 Å². The van der Waals surface area contributed by atoms with Crippen molar-refractivity contribution in [3.05, 3.63) is 23.2 Å². The van der Waals surface area contributed by atoms with E-state index < -0.39 is 29.2 Å². The first kappa shape index (κ1) is 27.4. The van der Waals surface area contributed by atoms with Gasteiger partial charge in [-0.1, -0.05) is 16.9 Å². The van der Waals surface area contributed by atoms with Gasteiger partial charge in [-0.3, -0.25) is 14.5 Å². The molecule has 2 aliphatic rings. The number of aromatic nitrogens is 4. The van der Waals surface area contributed by atoms with Gasteiger partial charge in [-0.05, 0) is 19.4 Å². The molecule has 4 rings (SSSR count). The van der Waals surface area contributed by atoms with Crippen LogP contribution in [0.3, 0.4) is 0 Å². The van der Waals surface area contributed by atoms with Crippen molar-refractivity contribution >= 4 is 75.4 Å². The standard InChI is InChI=1S/C20H24N10O5S3/c1-3-29-9(21)5-10(24-19(29)22)36-6-8-7-37-17-12(16(32)30(17)13(8)18(33)34)25-15(31)11(27-35-4-2)14-26-20(23)38-28-14/h5,12,17H,3-4,6-7H2,1-2H3,(H7,21,22,23,24,25,26,28,31,33,34)/p+1/b27-11-/t12-,17-/m1/s1. The molecule has 4 heterocycles. The summed E-state index contributed by atoms with van der Waals surface area (Å²) in [5.74, 6) is -1.32. The number of amides is 2. The lowest BCUT2D eigenvalue weighted by Crippen LogP contribution is -2.71. The molecule has 18 heteroatoms. The van der Waals surface area contributed by atoms with Crippen LogP contribution in [0.25, 0.3) is 0 Å². The Hall–Kier alpha value is -3.64. The number of nitrogens with zero attached hydrogens (tertiary/aromatic N) is 6. The number of hydrogen-bond donors (Lipinski definition) is 5. The van der Waals surface area contributed by atoms with Gasteiger partial charge in [-0.25, -0.2) is 9.36 Å². The number of carbonyl (C=O) groups is 3. The number of thioether (sulfide) groups is 2. The Morgan fingerprint density at radius 2 is 2.11 bits per heavy atom. The van der Waals surface area contributed by atoms with Crippen molar-refractivity contribution in [1.82, 2.24) is 24.6 Å². The number of fused-ring (bicyclic) bond motifs is 1. The zero-order valence-corrected chi connectivity index (χ0v) is 22.7. The van der Waals surface area contributed by atoms with Crippen molar-refractivity contribution < 1.29 is 28.9 Å². The third-order valence-corrected chi connectivity index (χ3v) is 8.36. The number of nitrogens with two attached hydrogens (primary N) is 3. The molecule has 2 atom stereocenters. The number of carboxylic acids is 1. The first-order chi connectivity index (χ1) is 18.2. The highest BCUT2D eigenvalue weighted by Crippen LogP contribution is 2.41. The molecule has 0 bridgehead atoms. The molecular formula is C20H25N10O5S3+. The Morgan fingerprint density at radius 1 is 1.34 bits per heavy atom. The zero-order chi connectivity index (χ0) is 27.6. The van der Waals surface area contributed by atoms with Crippen LogP contribution in [0.2, 0.25) is 0 Å². The molecule has 2 aromatic heterocycles. The second-order valence-electron chi connectivity index (χ2n) is 7.84. The van der Waals surface area contributed by atoms with E-state index in [9.17, 15) is 19.5 Å². The molecule has 2 amide bonds. The highest BCUT2D eigenvalue weighted by molar-refractivity contribution is 8.01. The highest BCUT2D eigenvalue weighted by Gasteiger charge is 2.54. The quantitative estimate of drug-likeness (QED) is 0.0582. The van der Waals surface area contributed by atoms with Gasteiger partial charge < -0.3 is 32.5 Å². The monoisotopic (exact) mass is 581 g/mol. The van der Waals surface area contributed by atoms with Gasteiger partial charge >= 0.3 is 11.9 Å². The van der Waals surface area contributed by atoms with Crippen molar-refractivity contribution in [3.8, 4) is 0 Å². The molecule has 8 N–H and O–H groups in total. The summed E-state index contributed by atoms with van der Waals surface area (Å²) < 4.78 is 5.62. The van der Waals surface area contributed by atoms with E-state index in [0.717, 1.165) is 11.5 Å². The second kappa shape index (κ2) is 11.4. The molecule has 15 nitrogen and oxygen atoms in total. The van der Waals surface area contributed by atoms with E-state index in [2.05, 4.69) is 24.8 Å². The molecule has 0 unspecified atom stereocenters. The molecule has 1 fully saturated rings. The molecule has 202 valence electrons. The molecule has 2 aromatic rings. The van der Waals surface area contributed by atoms with Crippen molar-refractivity contribution in [2.24, 2.45) is 5.16 Å². The fraction of sp³-hybridized carbons (Fsp3) is 0.400. The van der Waals surface area contributed by atoms with Gasteiger partial charge in [-0.2, -0.15) is 9.36 Å². The smallest absolute Gasteiger partial charge is 0.352 e. The van der Waals surface area contributed by atoms with E-state index in [0.29, 0.717) is 28.7 Å². The van der Waals surface area contributed by atoms with Crippen molar-refractivity contribution in [2.75, 3.05) is 35.3 Å².